The lowest BCUT2D eigenvalue weighted by atomic mass is 9.85. The molecule has 2 aromatic heterocycles. The van der Waals surface area contributed by atoms with Gasteiger partial charge < -0.3 is 5.32 Å². The summed E-state index contributed by atoms with van der Waals surface area (Å²) >= 11 is 0. The molecule has 3 aromatic rings. The number of halogens is 3. The minimum atomic E-state index is -0.990. The zero-order valence-electron chi connectivity index (χ0n) is 17.9. The number of carbonyl (C=O) groups is 2. The second-order valence-electron chi connectivity index (χ2n) is 7.92. The van der Waals surface area contributed by atoms with Crippen molar-refractivity contribution in [1.82, 2.24) is 19.8 Å². The molecule has 0 saturated heterocycles. The van der Waals surface area contributed by atoms with Crippen molar-refractivity contribution in [2.45, 2.75) is 20.5 Å². The normalized spacial score (nSPS) is 15.0. The molecule has 0 radical (unpaired) electrons. The number of hydrazone groups is 1. The summed E-state index contributed by atoms with van der Waals surface area (Å²) in [6, 6.07) is 7.51. The smallest absolute Gasteiger partial charge is 0.261 e. The van der Waals surface area contributed by atoms with Gasteiger partial charge in [0.15, 0.2) is 5.82 Å². The first kappa shape index (κ1) is 22.2. The third-order valence-corrected chi connectivity index (χ3v) is 5.25. The first-order valence-electron chi connectivity index (χ1n) is 9.87. The fourth-order valence-corrected chi connectivity index (χ4v) is 3.52. The Morgan fingerprint density at radius 3 is 2.39 bits per heavy atom. The van der Waals surface area contributed by atoms with Crippen LogP contribution in [0.1, 0.15) is 35.6 Å². The number of hydrogen-bond acceptors (Lipinski definition) is 5. The number of hydrogen-bond donors (Lipinski definition) is 1. The molecule has 0 atom stereocenters. The molecule has 1 aromatic carbocycles. The van der Waals surface area contributed by atoms with Crippen molar-refractivity contribution in [2.75, 3.05) is 12.4 Å². The van der Waals surface area contributed by atoms with Crippen LogP contribution in [0.25, 0.3) is 5.82 Å². The lowest BCUT2D eigenvalue weighted by Gasteiger charge is -2.16. The summed E-state index contributed by atoms with van der Waals surface area (Å²) in [6.45, 7) is 2.57. The maximum atomic E-state index is 13.8. The summed E-state index contributed by atoms with van der Waals surface area (Å²) < 4.78 is 42.6. The Morgan fingerprint density at radius 2 is 1.85 bits per heavy atom. The van der Waals surface area contributed by atoms with Crippen LogP contribution in [-0.2, 0) is 11.5 Å². The summed E-state index contributed by atoms with van der Waals surface area (Å²) in [5.41, 5.74) is -0.543. The monoisotopic (exact) mass is 456 g/mol. The average Bonchev–Trinajstić information content (AvgIpc) is 3.28. The molecule has 1 aliphatic heterocycles. The molecule has 0 aliphatic carbocycles. The lowest BCUT2D eigenvalue weighted by Crippen LogP contribution is -2.33. The maximum absolute atomic E-state index is 13.8. The minimum absolute atomic E-state index is 0.175. The van der Waals surface area contributed by atoms with Crippen molar-refractivity contribution in [2.24, 2.45) is 10.5 Å². The first-order chi connectivity index (χ1) is 15.6. The Kier molecular flexibility index (Phi) is 5.48. The van der Waals surface area contributed by atoms with E-state index < -0.39 is 35.2 Å². The van der Waals surface area contributed by atoms with E-state index in [-0.39, 0.29) is 23.1 Å². The summed E-state index contributed by atoms with van der Waals surface area (Å²) in [7, 11) is 1.53. The van der Waals surface area contributed by atoms with Gasteiger partial charge in [-0.05, 0) is 44.2 Å². The quantitative estimate of drug-likeness (QED) is 0.636. The topological polar surface area (TPSA) is 92.5 Å². The zero-order chi connectivity index (χ0) is 23.9. The highest BCUT2D eigenvalue weighted by Crippen LogP contribution is 2.31. The van der Waals surface area contributed by atoms with Crippen LogP contribution in [0, 0.1) is 17.0 Å². The molecule has 11 heteroatoms. The largest absolute Gasteiger partial charge is 0.320 e. The van der Waals surface area contributed by atoms with Gasteiger partial charge in [0.25, 0.3) is 11.8 Å². The number of benzene rings is 1. The fraction of sp³-hybridized carbons (Fsp3) is 0.227. The predicted octanol–water partition coefficient (Wildman–Crippen LogP) is 3.47. The van der Waals surface area contributed by atoms with Crippen molar-refractivity contribution in [3.05, 3.63) is 71.2 Å². The highest BCUT2D eigenvalue weighted by Gasteiger charge is 2.43. The molecule has 4 rings (SSSR count). The lowest BCUT2D eigenvalue weighted by molar-refractivity contribution is -0.133. The van der Waals surface area contributed by atoms with E-state index in [4.69, 9.17) is 0 Å². The van der Waals surface area contributed by atoms with E-state index in [2.05, 4.69) is 20.5 Å². The highest BCUT2D eigenvalue weighted by molar-refractivity contribution is 6.18. The maximum Gasteiger partial charge on any atom is 0.261 e. The number of rotatable bonds is 5. The van der Waals surface area contributed by atoms with E-state index in [9.17, 15) is 22.8 Å². The van der Waals surface area contributed by atoms with Crippen molar-refractivity contribution in [3.8, 4) is 5.82 Å². The number of carbonyl (C=O) groups excluding carboxylic acids is 2. The van der Waals surface area contributed by atoms with Gasteiger partial charge >= 0.3 is 0 Å². The van der Waals surface area contributed by atoms with Crippen LogP contribution in [0.5, 0.6) is 0 Å². The third-order valence-electron chi connectivity index (χ3n) is 5.25. The van der Waals surface area contributed by atoms with E-state index in [0.29, 0.717) is 11.4 Å². The molecule has 1 aliphatic rings. The number of anilines is 1. The number of nitrogens with zero attached hydrogens (tertiary/aromatic N) is 5. The van der Waals surface area contributed by atoms with E-state index in [1.54, 1.807) is 13.8 Å². The second kappa shape index (κ2) is 8.15. The summed E-state index contributed by atoms with van der Waals surface area (Å²) in [6.07, 6.45) is 1.25. The van der Waals surface area contributed by atoms with Gasteiger partial charge in [-0.15, -0.1) is 0 Å². The molecule has 33 heavy (non-hydrogen) atoms. The molecule has 0 saturated carbocycles. The molecule has 0 bridgehead atoms. The molecular formula is C22H19F3N6O2. The molecule has 2 amide bonds. The van der Waals surface area contributed by atoms with Crippen LogP contribution in [0.2, 0.25) is 0 Å². The Hall–Kier alpha value is -4.02. The average molecular weight is 456 g/mol. The highest BCUT2D eigenvalue weighted by atomic mass is 19.1. The minimum Gasteiger partial charge on any atom is -0.320 e. The Balaban J connectivity index is 1.60. The number of alkyl halides is 1. The molecule has 0 unspecified atom stereocenters. The standard InChI is InChI=1S/C22H19F3N6O2/c1-22(2)19(29-30(3)21(22)33)16-9-13(10-23)31(28-16)17-8-7-12(11-26-17)27-20(32)18-14(24)5-4-6-15(18)25/h4-9,11H,10H2,1-3H3,(H,27,32). The van der Waals surface area contributed by atoms with Crippen LogP contribution in [0.15, 0.2) is 47.7 Å². The summed E-state index contributed by atoms with van der Waals surface area (Å²) in [5.74, 6) is -2.93. The van der Waals surface area contributed by atoms with Gasteiger partial charge in [-0.25, -0.2) is 27.8 Å². The van der Waals surface area contributed by atoms with E-state index in [1.165, 1.54) is 41.1 Å². The van der Waals surface area contributed by atoms with Gasteiger partial charge in [0.2, 0.25) is 0 Å². The number of nitrogens with one attached hydrogen (secondary N) is 1. The van der Waals surface area contributed by atoms with Crippen LogP contribution in [0.4, 0.5) is 18.9 Å². The van der Waals surface area contributed by atoms with Gasteiger partial charge in [0.1, 0.15) is 35.3 Å². The van der Waals surface area contributed by atoms with Gasteiger partial charge in [-0.3, -0.25) is 9.59 Å². The SMILES string of the molecule is CN1N=C(c2cc(CF)n(-c3ccc(NC(=O)c4c(F)cccc4F)cn3)n2)C(C)(C)C1=O. The Morgan fingerprint density at radius 1 is 1.15 bits per heavy atom. The van der Waals surface area contributed by atoms with Crippen molar-refractivity contribution in [1.29, 1.82) is 0 Å². The zero-order valence-corrected chi connectivity index (χ0v) is 17.9. The molecule has 1 N–H and O–H groups in total. The van der Waals surface area contributed by atoms with Crippen molar-refractivity contribution in [3.63, 3.8) is 0 Å². The third kappa shape index (κ3) is 3.86. The van der Waals surface area contributed by atoms with Crippen LogP contribution >= 0.6 is 0 Å². The van der Waals surface area contributed by atoms with Gasteiger partial charge in [0, 0.05) is 7.05 Å². The van der Waals surface area contributed by atoms with Gasteiger partial charge in [0.05, 0.1) is 23.0 Å². The molecule has 170 valence electrons. The first-order valence-corrected chi connectivity index (χ1v) is 9.87. The van der Waals surface area contributed by atoms with Gasteiger partial charge in [-0.1, -0.05) is 6.07 Å². The number of pyridine rings is 1. The van der Waals surface area contributed by atoms with Crippen molar-refractivity contribution >= 4 is 23.2 Å². The number of amides is 2. The molecule has 3 heterocycles. The van der Waals surface area contributed by atoms with Crippen LogP contribution in [-0.4, -0.2) is 44.3 Å². The van der Waals surface area contributed by atoms with E-state index in [1.807, 2.05) is 0 Å². The van der Waals surface area contributed by atoms with Crippen LogP contribution in [0.3, 0.4) is 0 Å². The Bertz CT molecular complexity index is 1260. The van der Waals surface area contributed by atoms with E-state index in [0.717, 1.165) is 18.2 Å². The summed E-state index contributed by atoms with van der Waals surface area (Å²) in [5, 5.41) is 12.2. The fourth-order valence-electron chi connectivity index (χ4n) is 3.52. The Labute approximate surface area is 186 Å². The van der Waals surface area contributed by atoms with Crippen LogP contribution < -0.4 is 5.32 Å². The summed E-state index contributed by atoms with van der Waals surface area (Å²) in [4.78, 5) is 28.7. The van der Waals surface area contributed by atoms with E-state index >= 15 is 0 Å². The second-order valence-corrected chi connectivity index (χ2v) is 7.92. The van der Waals surface area contributed by atoms with Gasteiger partial charge in [-0.2, -0.15) is 10.2 Å². The number of aromatic nitrogens is 3. The predicted molar refractivity (Wildman–Crippen MR) is 114 cm³/mol. The molecule has 8 nitrogen and oxygen atoms in total. The van der Waals surface area contributed by atoms with Crippen molar-refractivity contribution < 1.29 is 22.8 Å². The molecule has 0 fully saturated rings. The molecular weight excluding hydrogens is 437 g/mol. The molecule has 0 spiro atoms.